The van der Waals surface area contributed by atoms with Crippen molar-refractivity contribution in [1.29, 1.82) is 0 Å². The van der Waals surface area contributed by atoms with Crippen LogP contribution in [0.5, 0.6) is 5.75 Å². The minimum atomic E-state index is -0.592. The van der Waals surface area contributed by atoms with Crippen molar-refractivity contribution < 1.29 is 14.3 Å². The van der Waals surface area contributed by atoms with Gasteiger partial charge in [0.15, 0.2) is 0 Å². The summed E-state index contributed by atoms with van der Waals surface area (Å²) in [7, 11) is 1.02. The van der Waals surface area contributed by atoms with Gasteiger partial charge in [0.25, 0.3) is 0 Å². The zero-order valence-corrected chi connectivity index (χ0v) is 12.2. The molecule has 1 aromatic carbocycles. The van der Waals surface area contributed by atoms with Gasteiger partial charge in [-0.1, -0.05) is 12.1 Å². The highest BCUT2D eigenvalue weighted by Gasteiger charge is 2.23. The maximum atomic E-state index is 11.0. The van der Waals surface area contributed by atoms with Gasteiger partial charge in [0, 0.05) is 6.92 Å². The van der Waals surface area contributed by atoms with Gasteiger partial charge in [-0.3, -0.25) is 4.79 Å². The van der Waals surface area contributed by atoms with Crippen molar-refractivity contribution in [3.8, 4) is 5.75 Å². The molecular weight excluding hydrogens is 220 g/mol. The summed E-state index contributed by atoms with van der Waals surface area (Å²) in [6.07, 6.45) is 0.784. The highest BCUT2D eigenvalue weighted by molar-refractivity contribution is 6.08. The standard InChI is InChI=1S/C12H18O3Si/c1-9(13)15-12(2,3)10-4-6-11(7-5-10)14-8-16/h4-7H,8H2,1-3,16H3. The molecule has 0 fully saturated rings. The molecule has 0 unspecified atom stereocenters. The molecule has 3 nitrogen and oxygen atoms in total. The number of carbonyl (C=O) groups is 1. The van der Waals surface area contributed by atoms with Crippen molar-refractivity contribution in [1.82, 2.24) is 0 Å². The van der Waals surface area contributed by atoms with Gasteiger partial charge < -0.3 is 9.47 Å². The van der Waals surface area contributed by atoms with Gasteiger partial charge in [0.1, 0.15) is 11.4 Å². The van der Waals surface area contributed by atoms with Gasteiger partial charge in [0.2, 0.25) is 0 Å². The van der Waals surface area contributed by atoms with E-state index in [1.807, 2.05) is 38.1 Å². The van der Waals surface area contributed by atoms with Gasteiger partial charge in [-0.05, 0) is 31.5 Å². The molecule has 16 heavy (non-hydrogen) atoms. The highest BCUT2D eigenvalue weighted by atomic mass is 28.1. The van der Waals surface area contributed by atoms with Gasteiger partial charge in [0.05, 0.1) is 16.5 Å². The first-order valence-electron chi connectivity index (χ1n) is 5.38. The molecule has 1 aromatic rings. The van der Waals surface area contributed by atoms with Crippen LogP contribution in [-0.4, -0.2) is 22.4 Å². The second kappa shape index (κ2) is 5.16. The Morgan fingerprint density at radius 2 is 1.88 bits per heavy atom. The van der Waals surface area contributed by atoms with Gasteiger partial charge in [-0.25, -0.2) is 0 Å². The van der Waals surface area contributed by atoms with Crippen molar-refractivity contribution >= 4 is 16.2 Å². The Morgan fingerprint density at radius 3 is 2.31 bits per heavy atom. The Balaban J connectivity index is 2.83. The normalized spacial score (nSPS) is 11.2. The quantitative estimate of drug-likeness (QED) is 0.584. The van der Waals surface area contributed by atoms with Crippen molar-refractivity contribution in [2.75, 3.05) is 6.23 Å². The zero-order valence-electron chi connectivity index (χ0n) is 10.2. The van der Waals surface area contributed by atoms with Crippen LogP contribution in [0.3, 0.4) is 0 Å². The third kappa shape index (κ3) is 3.38. The molecule has 0 heterocycles. The number of hydrogen-bond donors (Lipinski definition) is 0. The lowest BCUT2D eigenvalue weighted by Crippen LogP contribution is -2.24. The summed E-state index contributed by atoms with van der Waals surface area (Å²) in [6, 6.07) is 7.65. The fraction of sp³-hybridized carbons (Fsp3) is 0.417. The molecule has 0 aliphatic rings. The predicted octanol–water partition coefficient (Wildman–Crippen LogP) is 1.19. The molecule has 0 amide bonds. The van der Waals surface area contributed by atoms with Crippen LogP contribution in [0.4, 0.5) is 0 Å². The van der Waals surface area contributed by atoms with E-state index in [0.717, 1.165) is 27.8 Å². The van der Waals surface area contributed by atoms with Crippen LogP contribution < -0.4 is 4.74 Å². The van der Waals surface area contributed by atoms with Crippen molar-refractivity contribution in [2.45, 2.75) is 26.4 Å². The fourth-order valence-corrected chi connectivity index (χ4v) is 1.87. The predicted molar refractivity (Wildman–Crippen MR) is 66.7 cm³/mol. The highest BCUT2D eigenvalue weighted by Crippen LogP contribution is 2.26. The topological polar surface area (TPSA) is 35.5 Å². The number of ether oxygens (including phenoxy) is 2. The summed E-state index contributed by atoms with van der Waals surface area (Å²) in [4.78, 5) is 11.0. The summed E-state index contributed by atoms with van der Waals surface area (Å²) < 4.78 is 10.7. The molecule has 0 radical (unpaired) electrons. The van der Waals surface area contributed by atoms with Gasteiger partial charge in [-0.15, -0.1) is 0 Å². The number of esters is 1. The maximum absolute atomic E-state index is 11.0. The first-order chi connectivity index (χ1) is 7.45. The molecule has 88 valence electrons. The van der Waals surface area contributed by atoms with Crippen molar-refractivity contribution in [3.05, 3.63) is 29.8 Å². The molecule has 0 N–H and O–H groups in total. The largest absolute Gasteiger partial charge is 0.498 e. The molecule has 0 saturated carbocycles. The van der Waals surface area contributed by atoms with Crippen LogP contribution in [0.15, 0.2) is 24.3 Å². The number of hydrogen-bond acceptors (Lipinski definition) is 3. The molecule has 0 aliphatic carbocycles. The average molecular weight is 238 g/mol. The first kappa shape index (κ1) is 12.8. The van der Waals surface area contributed by atoms with Crippen LogP contribution in [-0.2, 0) is 15.1 Å². The lowest BCUT2D eigenvalue weighted by Gasteiger charge is -2.25. The van der Waals surface area contributed by atoms with E-state index in [-0.39, 0.29) is 5.97 Å². The molecule has 0 atom stereocenters. The van der Waals surface area contributed by atoms with Gasteiger partial charge >= 0.3 is 5.97 Å². The summed E-state index contributed by atoms with van der Waals surface area (Å²) in [5, 5.41) is 0. The number of rotatable bonds is 4. The third-order valence-electron chi connectivity index (χ3n) is 2.26. The van der Waals surface area contributed by atoms with Crippen molar-refractivity contribution in [2.24, 2.45) is 0 Å². The Morgan fingerprint density at radius 1 is 1.31 bits per heavy atom. The van der Waals surface area contributed by atoms with Crippen LogP contribution >= 0.6 is 0 Å². The molecule has 0 bridgehead atoms. The second-order valence-electron chi connectivity index (χ2n) is 4.06. The summed E-state index contributed by atoms with van der Waals surface area (Å²) in [5.41, 5.74) is 0.370. The molecular formula is C12H18O3Si. The SMILES string of the molecule is CC(=O)OC(C)(C)c1ccc(OC[SiH3])cc1. The Kier molecular flexibility index (Phi) is 4.12. The number of benzene rings is 1. The fourth-order valence-electron chi connectivity index (χ4n) is 1.54. The van der Waals surface area contributed by atoms with E-state index in [4.69, 9.17) is 9.47 Å². The van der Waals surface area contributed by atoms with Crippen LogP contribution in [0.25, 0.3) is 0 Å². The Hall–Kier alpha value is -1.29. The average Bonchev–Trinajstić information content (AvgIpc) is 2.17. The maximum Gasteiger partial charge on any atom is 0.303 e. The van der Waals surface area contributed by atoms with E-state index in [1.54, 1.807) is 0 Å². The van der Waals surface area contributed by atoms with Gasteiger partial charge in [-0.2, -0.15) is 0 Å². The molecule has 0 aromatic heterocycles. The Labute approximate surface area is 99.2 Å². The monoisotopic (exact) mass is 238 g/mol. The second-order valence-corrected chi connectivity index (χ2v) is 4.64. The van der Waals surface area contributed by atoms with E-state index in [1.165, 1.54) is 6.92 Å². The lowest BCUT2D eigenvalue weighted by molar-refractivity contribution is -0.154. The smallest absolute Gasteiger partial charge is 0.303 e. The minimum Gasteiger partial charge on any atom is -0.498 e. The summed E-state index contributed by atoms with van der Waals surface area (Å²) in [5.74, 6) is 0.585. The Bertz CT molecular complexity index is 357. The molecule has 0 aliphatic heterocycles. The molecule has 0 saturated heterocycles. The van der Waals surface area contributed by atoms with E-state index < -0.39 is 5.60 Å². The lowest BCUT2D eigenvalue weighted by atomic mass is 9.98. The summed E-state index contributed by atoms with van der Waals surface area (Å²) in [6.45, 7) is 5.16. The number of carbonyl (C=O) groups excluding carboxylic acids is 1. The van der Waals surface area contributed by atoms with Crippen molar-refractivity contribution in [3.63, 3.8) is 0 Å². The van der Waals surface area contributed by atoms with E-state index in [9.17, 15) is 4.79 Å². The van der Waals surface area contributed by atoms with E-state index in [0.29, 0.717) is 0 Å². The first-order valence-corrected chi connectivity index (χ1v) is 6.80. The molecule has 1 rings (SSSR count). The van der Waals surface area contributed by atoms with Crippen LogP contribution in [0, 0.1) is 0 Å². The van der Waals surface area contributed by atoms with Crippen LogP contribution in [0.1, 0.15) is 26.3 Å². The minimum absolute atomic E-state index is 0.273. The van der Waals surface area contributed by atoms with Crippen LogP contribution in [0.2, 0.25) is 0 Å². The van der Waals surface area contributed by atoms with E-state index >= 15 is 0 Å². The van der Waals surface area contributed by atoms with E-state index in [2.05, 4.69) is 0 Å². The zero-order chi connectivity index (χ0) is 12.2. The third-order valence-corrected chi connectivity index (χ3v) is 2.55. The molecule has 4 heteroatoms. The molecule has 0 spiro atoms. The summed E-state index contributed by atoms with van der Waals surface area (Å²) >= 11 is 0.